The molecule has 1 aliphatic rings. The number of nitrogens with zero attached hydrogens (tertiary/aromatic N) is 2. The van der Waals surface area contributed by atoms with Gasteiger partial charge < -0.3 is 14.0 Å². The standard InChI is InChI=1S/C20H28N2O3/c1-5-17-20(14(3)21-25-17)16-8-7-11-22(16)13-15-9-10-18(24-6-2)19(12-15)23-4/h9-10,12,16H,5-8,11,13H2,1-4H3. The quantitative estimate of drug-likeness (QED) is 0.750. The van der Waals surface area contributed by atoms with Crippen LogP contribution in [0.3, 0.4) is 0 Å². The van der Waals surface area contributed by atoms with Crippen LogP contribution >= 0.6 is 0 Å². The molecular weight excluding hydrogens is 316 g/mol. The monoisotopic (exact) mass is 344 g/mol. The van der Waals surface area contributed by atoms with Gasteiger partial charge in [-0.1, -0.05) is 18.1 Å². The third-order valence-electron chi connectivity index (χ3n) is 4.91. The Bertz CT molecular complexity index is 711. The molecule has 0 saturated carbocycles. The number of rotatable bonds is 7. The number of hydrogen-bond donors (Lipinski definition) is 0. The number of aryl methyl sites for hydroxylation is 2. The summed E-state index contributed by atoms with van der Waals surface area (Å²) in [5, 5.41) is 4.19. The van der Waals surface area contributed by atoms with Crippen LogP contribution in [0.15, 0.2) is 22.7 Å². The van der Waals surface area contributed by atoms with Crippen LogP contribution in [0.2, 0.25) is 0 Å². The van der Waals surface area contributed by atoms with Crippen molar-refractivity contribution in [3.05, 3.63) is 40.8 Å². The maximum atomic E-state index is 5.62. The molecule has 25 heavy (non-hydrogen) atoms. The zero-order valence-electron chi connectivity index (χ0n) is 15.7. The third kappa shape index (κ3) is 3.66. The second kappa shape index (κ2) is 7.91. The SMILES string of the molecule is CCOc1ccc(CN2CCCC2c2c(C)noc2CC)cc1OC. The second-order valence-electron chi connectivity index (χ2n) is 6.51. The van der Waals surface area contributed by atoms with Gasteiger partial charge >= 0.3 is 0 Å². The van der Waals surface area contributed by atoms with Crippen molar-refractivity contribution in [1.29, 1.82) is 0 Å². The highest BCUT2D eigenvalue weighted by Crippen LogP contribution is 2.37. The van der Waals surface area contributed by atoms with E-state index in [0.29, 0.717) is 12.6 Å². The number of methoxy groups -OCH3 is 1. The van der Waals surface area contributed by atoms with Gasteiger partial charge in [0.1, 0.15) is 5.76 Å². The van der Waals surface area contributed by atoms with Crippen molar-refractivity contribution >= 4 is 0 Å². The highest BCUT2D eigenvalue weighted by atomic mass is 16.5. The van der Waals surface area contributed by atoms with Gasteiger partial charge in [-0.15, -0.1) is 0 Å². The molecule has 0 bridgehead atoms. The first-order valence-corrected chi connectivity index (χ1v) is 9.16. The third-order valence-corrected chi connectivity index (χ3v) is 4.91. The minimum absolute atomic E-state index is 0.388. The van der Waals surface area contributed by atoms with Crippen LogP contribution < -0.4 is 9.47 Å². The van der Waals surface area contributed by atoms with Crippen molar-refractivity contribution in [1.82, 2.24) is 10.1 Å². The van der Waals surface area contributed by atoms with Crippen molar-refractivity contribution in [2.24, 2.45) is 0 Å². The van der Waals surface area contributed by atoms with Crippen LogP contribution in [0, 0.1) is 6.92 Å². The summed E-state index contributed by atoms with van der Waals surface area (Å²) in [5.74, 6) is 2.62. The average Bonchev–Trinajstić information content (AvgIpc) is 3.22. The Morgan fingerprint density at radius 3 is 2.84 bits per heavy atom. The molecule has 0 N–H and O–H groups in total. The molecule has 2 heterocycles. The van der Waals surface area contributed by atoms with E-state index in [-0.39, 0.29) is 0 Å². The van der Waals surface area contributed by atoms with Crippen LogP contribution in [0.4, 0.5) is 0 Å². The van der Waals surface area contributed by atoms with Gasteiger partial charge in [-0.2, -0.15) is 0 Å². The zero-order valence-corrected chi connectivity index (χ0v) is 15.7. The first-order valence-electron chi connectivity index (χ1n) is 9.16. The van der Waals surface area contributed by atoms with Crippen LogP contribution in [0.5, 0.6) is 11.5 Å². The van der Waals surface area contributed by atoms with E-state index in [2.05, 4.69) is 36.0 Å². The van der Waals surface area contributed by atoms with Gasteiger partial charge in [-0.3, -0.25) is 4.90 Å². The molecule has 1 atom stereocenters. The van der Waals surface area contributed by atoms with Crippen LogP contribution in [0.25, 0.3) is 0 Å². The summed E-state index contributed by atoms with van der Waals surface area (Å²) < 4.78 is 16.6. The summed E-state index contributed by atoms with van der Waals surface area (Å²) in [5.41, 5.74) is 3.55. The topological polar surface area (TPSA) is 47.7 Å². The first-order chi connectivity index (χ1) is 12.2. The Morgan fingerprint density at radius 2 is 2.12 bits per heavy atom. The van der Waals surface area contributed by atoms with E-state index >= 15 is 0 Å². The van der Waals surface area contributed by atoms with Crippen LogP contribution in [0.1, 0.15) is 55.3 Å². The normalized spacial score (nSPS) is 17.8. The maximum absolute atomic E-state index is 5.62. The summed E-state index contributed by atoms with van der Waals surface area (Å²) in [6.07, 6.45) is 3.24. The molecule has 0 spiro atoms. The molecule has 0 amide bonds. The minimum Gasteiger partial charge on any atom is -0.493 e. The molecule has 0 aliphatic carbocycles. The Balaban J connectivity index is 1.81. The summed E-state index contributed by atoms with van der Waals surface area (Å²) >= 11 is 0. The molecule has 136 valence electrons. The van der Waals surface area contributed by atoms with E-state index in [1.807, 2.05) is 13.0 Å². The fraction of sp³-hybridized carbons (Fsp3) is 0.550. The van der Waals surface area contributed by atoms with E-state index in [1.54, 1.807) is 7.11 Å². The number of aromatic nitrogens is 1. The molecule has 1 aromatic heterocycles. The van der Waals surface area contributed by atoms with Gasteiger partial charge in [0.15, 0.2) is 11.5 Å². The number of benzene rings is 1. The molecule has 1 saturated heterocycles. The molecule has 5 nitrogen and oxygen atoms in total. The van der Waals surface area contributed by atoms with Crippen molar-refractivity contribution < 1.29 is 14.0 Å². The number of ether oxygens (including phenoxy) is 2. The Morgan fingerprint density at radius 1 is 1.28 bits per heavy atom. The Kier molecular flexibility index (Phi) is 5.63. The predicted molar refractivity (Wildman–Crippen MR) is 97.2 cm³/mol. The van der Waals surface area contributed by atoms with E-state index in [1.165, 1.54) is 17.5 Å². The van der Waals surface area contributed by atoms with Gasteiger partial charge in [-0.05, 0) is 50.9 Å². The van der Waals surface area contributed by atoms with Gasteiger partial charge in [0.05, 0.1) is 19.4 Å². The summed E-state index contributed by atoms with van der Waals surface area (Å²) in [4.78, 5) is 2.52. The molecule has 5 heteroatoms. The highest BCUT2D eigenvalue weighted by molar-refractivity contribution is 5.43. The molecular formula is C20H28N2O3. The maximum Gasteiger partial charge on any atom is 0.161 e. The fourth-order valence-electron chi connectivity index (χ4n) is 3.77. The van der Waals surface area contributed by atoms with Crippen LogP contribution in [-0.2, 0) is 13.0 Å². The molecule has 1 aromatic carbocycles. The zero-order chi connectivity index (χ0) is 17.8. The second-order valence-corrected chi connectivity index (χ2v) is 6.51. The lowest BCUT2D eigenvalue weighted by atomic mass is 10.0. The summed E-state index contributed by atoms with van der Waals surface area (Å²) in [6, 6.07) is 6.61. The molecule has 3 rings (SSSR count). The summed E-state index contributed by atoms with van der Waals surface area (Å²) in [7, 11) is 1.69. The number of hydrogen-bond acceptors (Lipinski definition) is 5. The van der Waals surface area contributed by atoms with Crippen molar-refractivity contribution in [3.8, 4) is 11.5 Å². The van der Waals surface area contributed by atoms with Gasteiger partial charge in [0.2, 0.25) is 0 Å². The van der Waals surface area contributed by atoms with Gasteiger partial charge in [0, 0.05) is 24.6 Å². The lowest BCUT2D eigenvalue weighted by Crippen LogP contribution is -2.23. The van der Waals surface area contributed by atoms with Gasteiger partial charge in [-0.25, -0.2) is 0 Å². The largest absolute Gasteiger partial charge is 0.493 e. The van der Waals surface area contributed by atoms with Gasteiger partial charge in [0.25, 0.3) is 0 Å². The van der Waals surface area contributed by atoms with Crippen molar-refractivity contribution in [3.63, 3.8) is 0 Å². The first kappa shape index (κ1) is 17.8. The fourth-order valence-corrected chi connectivity index (χ4v) is 3.77. The van der Waals surface area contributed by atoms with E-state index in [0.717, 1.165) is 48.9 Å². The summed E-state index contributed by atoms with van der Waals surface area (Å²) in [6.45, 7) is 8.77. The lowest BCUT2D eigenvalue weighted by molar-refractivity contribution is 0.244. The van der Waals surface area contributed by atoms with Crippen molar-refractivity contribution in [2.75, 3.05) is 20.3 Å². The molecule has 0 radical (unpaired) electrons. The average molecular weight is 344 g/mol. The Hall–Kier alpha value is -2.01. The van der Waals surface area contributed by atoms with E-state index in [9.17, 15) is 0 Å². The Labute approximate surface area is 149 Å². The molecule has 2 aromatic rings. The molecule has 1 fully saturated rings. The predicted octanol–water partition coefficient (Wildman–Crippen LogP) is 4.29. The van der Waals surface area contributed by atoms with Crippen molar-refractivity contribution in [2.45, 2.75) is 52.6 Å². The highest BCUT2D eigenvalue weighted by Gasteiger charge is 2.31. The van der Waals surface area contributed by atoms with Crippen LogP contribution in [-0.4, -0.2) is 30.3 Å². The minimum atomic E-state index is 0.388. The van der Waals surface area contributed by atoms with E-state index in [4.69, 9.17) is 14.0 Å². The number of likely N-dealkylation sites (tertiary alicyclic amines) is 1. The van der Waals surface area contributed by atoms with E-state index < -0.39 is 0 Å². The lowest BCUT2D eigenvalue weighted by Gasteiger charge is -2.25. The molecule has 1 unspecified atom stereocenters. The molecule has 1 aliphatic heterocycles. The smallest absolute Gasteiger partial charge is 0.161 e.